The summed E-state index contributed by atoms with van der Waals surface area (Å²) in [6.07, 6.45) is 7.43. The fraction of sp³-hybridized carbons (Fsp3) is 0.467. The number of aromatic hydroxyl groups is 1. The molecule has 0 aliphatic rings. The van der Waals surface area contributed by atoms with Gasteiger partial charge in [0, 0.05) is 31.8 Å². The Morgan fingerprint density at radius 2 is 2.24 bits per heavy atom. The number of carbonyl (C=O) groups is 1. The minimum atomic E-state index is -1.12. The van der Waals surface area contributed by atoms with Crippen LogP contribution in [0.15, 0.2) is 17.1 Å². The maximum Gasteiger partial charge on any atom is 0.323 e. The van der Waals surface area contributed by atoms with Gasteiger partial charge < -0.3 is 20.1 Å². The number of nitrogens with one attached hydrogen (secondary N) is 1. The lowest BCUT2D eigenvalue weighted by atomic mass is 9.97. The van der Waals surface area contributed by atoms with Crippen LogP contribution in [0.3, 0.4) is 0 Å². The maximum absolute atomic E-state index is 11.4. The summed E-state index contributed by atoms with van der Waals surface area (Å²) in [7, 11) is 0. The Balaban J connectivity index is 2.83. The molecular formula is C15H20N2O4. The van der Waals surface area contributed by atoms with E-state index in [9.17, 15) is 19.8 Å². The van der Waals surface area contributed by atoms with Gasteiger partial charge in [0.15, 0.2) is 5.75 Å². The van der Waals surface area contributed by atoms with Gasteiger partial charge in [-0.3, -0.25) is 9.59 Å². The van der Waals surface area contributed by atoms with Crippen LogP contribution in [0.1, 0.15) is 25.5 Å². The molecule has 0 fully saturated rings. The normalized spacial score (nSPS) is 13.4. The molecule has 1 aromatic heterocycles. The topological polar surface area (TPSA) is 91.6 Å². The van der Waals surface area contributed by atoms with Crippen molar-refractivity contribution in [3.63, 3.8) is 0 Å². The molecule has 0 amide bonds. The van der Waals surface area contributed by atoms with Crippen molar-refractivity contribution < 1.29 is 15.0 Å². The Morgan fingerprint density at radius 3 is 2.81 bits per heavy atom. The van der Waals surface area contributed by atoms with Crippen molar-refractivity contribution in [2.45, 2.75) is 38.8 Å². The number of aliphatic carboxylic acids is 1. The zero-order chi connectivity index (χ0) is 16.0. The standard InChI is InChI=1S/C15H20N2O4/c1-4-5-8-16-15(3,14(20)21)7-10-17-9-6-12(18)13(19)11(17)2/h1,6,9,16,19H,5,7-8,10H2,2-3H3,(H,20,21). The van der Waals surface area contributed by atoms with Crippen LogP contribution in [0, 0.1) is 19.3 Å². The van der Waals surface area contributed by atoms with Gasteiger partial charge in [0.05, 0.1) is 5.69 Å². The molecule has 0 saturated heterocycles. The Kier molecular flexibility index (Phi) is 5.56. The maximum atomic E-state index is 11.4. The average Bonchev–Trinajstić information content (AvgIpc) is 2.44. The molecular weight excluding hydrogens is 272 g/mol. The highest BCUT2D eigenvalue weighted by atomic mass is 16.4. The first-order chi connectivity index (χ1) is 9.81. The van der Waals surface area contributed by atoms with Gasteiger partial charge >= 0.3 is 5.97 Å². The smallest absolute Gasteiger partial charge is 0.323 e. The summed E-state index contributed by atoms with van der Waals surface area (Å²) in [5, 5.41) is 21.9. The van der Waals surface area contributed by atoms with Gasteiger partial charge in [-0.1, -0.05) is 0 Å². The summed E-state index contributed by atoms with van der Waals surface area (Å²) < 4.78 is 1.65. The largest absolute Gasteiger partial charge is 0.503 e. The minimum absolute atomic E-state index is 0.288. The summed E-state index contributed by atoms with van der Waals surface area (Å²) in [5.74, 6) is 1.17. The molecule has 0 aliphatic heterocycles. The zero-order valence-electron chi connectivity index (χ0n) is 12.2. The molecule has 1 aromatic rings. The molecule has 0 radical (unpaired) electrons. The van der Waals surface area contributed by atoms with Gasteiger partial charge in [0.1, 0.15) is 5.54 Å². The quantitative estimate of drug-likeness (QED) is 0.508. The first kappa shape index (κ1) is 16.8. The Bertz CT molecular complexity index is 615. The second-order valence-electron chi connectivity index (χ2n) is 5.08. The van der Waals surface area contributed by atoms with Gasteiger partial charge in [0.25, 0.3) is 0 Å². The third-order valence-corrected chi connectivity index (χ3v) is 3.52. The predicted molar refractivity (Wildman–Crippen MR) is 79.2 cm³/mol. The van der Waals surface area contributed by atoms with E-state index in [1.165, 1.54) is 6.07 Å². The second kappa shape index (κ2) is 6.95. The summed E-state index contributed by atoms with van der Waals surface area (Å²) in [6.45, 7) is 3.96. The fourth-order valence-corrected chi connectivity index (χ4v) is 1.93. The van der Waals surface area contributed by atoms with Gasteiger partial charge in [-0.15, -0.1) is 12.3 Å². The highest BCUT2D eigenvalue weighted by Gasteiger charge is 2.32. The molecule has 0 bridgehead atoms. The van der Waals surface area contributed by atoms with Gasteiger partial charge in [-0.2, -0.15) is 0 Å². The van der Waals surface area contributed by atoms with E-state index in [0.717, 1.165) is 0 Å². The van der Waals surface area contributed by atoms with Crippen molar-refractivity contribution in [3.05, 3.63) is 28.2 Å². The number of rotatable bonds is 7. The highest BCUT2D eigenvalue weighted by molar-refractivity contribution is 5.78. The molecule has 1 heterocycles. The second-order valence-corrected chi connectivity index (χ2v) is 5.08. The number of hydrogen-bond acceptors (Lipinski definition) is 4. The Morgan fingerprint density at radius 1 is 1.57 bits per heavy atom. The van der Waals surface area contributed by atoms with Crippen molar-refractivity contribution in [2.75, 3.05) is 6.54 Å². The van der Waals surface area contributed by atoms with Crippen molar-refractivity contribution in [1.82, 2.24) is 9.88 Å². The molecule has 3 N–H and O–H groups in total. The Hall–Kier alpha value is -2.26. The van der Waals surface area contributed by atoms with Crippen LogP contribution >= 0.6 is 0 Å². The number of aromatic nitrogens is 1. The fourth-order valence-electron chi connectivity index (χ4n) is 1.93. The van der Waals surface area contributed by atoms with Crippen molar-refractivity contribution in [3.8, 4) is 18.1 Å². The number of nitrogens with zero attached hydrogens (tertiary/aromatic N) is 1. The zero-order valence-corrected chi connectivity index (χ0v) is 12.2. The molecule has 0 aliphatic carbocycles. The van der Waals surface area contributed by atoms with Crippen LogP contribution in [0.2, 0.25) is 0 Å². The van der Waals surface area contributed by atoms with Crippen LogP contribution in [0.4, 0.5) is 0 Å². The monoisotopic (exact) mass is 292 g/mol. The molecule has 6 heteroatoms. The lowest BCUT2D eigenvalue weighted by molar-refractivity contribution is -0.144. The third-order valence-electron chi connectivity index (χ3n) is 3.52. The van der Waals surface area contributed by atoms with Gasteiger partial charge in [-0.25, -0.2) is 0 Å². The summed E-state index contributed by atoms with van der Waals surface area (Å²) >= 11 is 0. The van der Waals surface area contributed by atoms with E-state index in [1.807, 2.05) is 0 Å². The molecule has 0 spiro atoms. The number of carboxylic acid groups (broad SMARTS) is 1. The minimum Gasteiger partial charge on any atom is -0.503 e. The molecule has 21 heavy (non-hydrogen) atoms. The van der Waals surface area contributed by atoms with Crippen molar-refractivity contribution >= 4 is 5.97 Å². The number of terminal acetylenes is 1. The lowest BCUT2D eigenvalue weighted by Gasteiger charge is -2.27. The molecule has 6 nitrogen and oxygen atoms in total. The van der Waals surface area contributed by atoms with Crippen molar-refractivity contribution in [1.29, 1.82) is 0 Å². The first-order valence-corrected chi connectivity index (χ1v) is 6.62. The summed E-state index contributed by atoms with van der Waals surface area (Å²) in [5.41, 5.74) is -1.15. The predicted octanol–water partition coefficient (Wildman–Crippen LogP) is 0.709. The molecule has 0 aromatic carbocycles. The van der Waals surface area contributed by atoms with E-state index in [0.29, 0.717) is 25.2 Å². The first-order valence-electron chi connectivity index (χ1n) is 6.62. The highest BCUT2D eigenvalue weighted by Crippen LogP contribution is 2.15. The van der Waals surface area contributed by atoms with Crippen LogP contribution in [0.5, 0.6) is 5.75 Å². The molecule has 1 rings (SSSR count). The van der Waals surface area contributed by atoms with Gasteiger partial charge in [0.2, 0.25) is 5.43 Å². The van der Waals surface area contributed by atoms with Crippen LogP contribution in [0.25, 0.3) is 0 Å². The molecule has 1 atom stereocenters. The number of pyridine rings is 1. The summed E-state index contributed by atoms with van der Waals surface area (Å²) in [6, 6.07) is 1.26. The number of hydrogen-bond donors (Lipinski definition) is 3. The lowest BCUT2D eigenvalue weighted by Crippen LogP contribution is -2.50. The molecule has 114 valence electrons. The van der Waals surface area contributed by atoms with Crippen LogP contribution < -0.4 is 10.7 Å². The molecule has 1 unspecified atom stereocenters. The Labute approximate surface area is 123 Å². The van der Waals surface area contributed by atoms with E-state index >= 15 is 0 Å². The molecule has 0 saturated carbocycles. The van der Waals surface area contributed by atoms with E-state index < -0.39 is 16.9 Å². The van der Waals surface area contributed by atoms with Crippen molar-refractivity contribution in [2.24, 2.45) is 0 Å². The van der Waals surface area contributed by atoms with E-state index in [4.69, 9.17) is 6.42 Å². The van der Waals surface area contributed by atoms with E-state index in [1.54, 1.807) is 24.6 Å². The third kappa shape index (κ3) is 4.10. The van der Waals surface area contributed by atoms with Crippen LogP contribution in [-0.2, 0) is 11.3 Å². The van der Waals surface area contributed by atoms with Gasteiger partial charge in [-0.05, 0) is 20.3 Å². The van der Waals surface area contributed by atoms with E-state index in [-0.39, 0.29) is 12.2 Å². The average molecular weight is 292 g/mol. The SMILES string of the molecule is C#CCCNC(C)(CCn1ccc(=O)c(O)c1C)C(=O)O. The summed E-state index contributed by atoms with van der Waals surface area (Å²) in [4.78, 5) is 22.7. The van der Waals surface area contributed by atoms with E-state index in [2.05, 4.69) is 11.2 Å². The number of carboxylic acids is 1. The number of aryl methyl sites for hydroxylation is 1. The van der Waals surface area contributed by atoms with Crippen LogP contribution in [-0.4, -0.2) is 32.8 Å².